The summed E-state index contributed by atoms with van der Waals surface area (Å²) >= 11 is 0. The van der Waals surface area contributed by atoms with E-state index in [0.29, 0.717) is 0 Å². The normalized spacial score (nSPS) is 17.7. The van der Waals surface area contributed by atoms with Crippen molar-refractivity contribution >= 4 is 10.9 Å². The van der Waals surface area contributed by atoms with E-state index < -0.39 is 0 Å². The highest BCUT2D eigenvalue weighted by atomic mass is 16.5. The van der Waals surface area contributed by atoms with Gasteiger partial charge < -0.3 is 15.5 Å². The van der Waals surface area contributed by atoms with E-state index in [-0.39, 0.29) is 5.54 Å². The molecule has 0 spiro atoms. The fourth-order valence-electron chi connectivity index (χ4n) is 2.36. The third-order valence-corrected chi connectivity index (χ3v) is 3.53. The van der Waals surface area contributed by atoms with Gasteiger partial charge in [-0.2, -0.15) is 0 Å². The van der Waals surface area contributed by atoms with Crippen LogP contribution in [0.2, 0.25) is 0 Å². The molecule has 3 N–H and O–H groups in total. The number of benzene rings is 1. The van der Waals surface area contributed by atoms with Crippen molar-refractivity contribution in [1.82, 2.24) is 4.98 Å². The highest BCUT2D eigenvalue weighted by Gasteiger charge is 2.42. The Balaban J connectivity index is 2.33. The molecule has 0 bridgehead atoms. The Labute approximate surface area is 94.6 Å². The second-order valence-corrected chi connectivity index (χ2v) is 4.70. The Morgan fingerprint density at radius 2 is 2.12 bits per heavy atom. The number of ether oxygens (including phenoxy) is 1. The molecule has 1 aromatic carbocycles. The van der Waals surface area contributed by atoms with Crippen molar-refractivity contribution in [3.8, 4) is 5.75 Å². The Kier molecular flexibility index (Phi) is 1.83. The van der Waals surface area contributed by atoms with Gasteiger partial charge in [-0.1, -0.05) is 6.07 Å². The van der Waals surface area contributed by atoms with Crippen LogP contribution in [0.15, 0.2) is 18.3 Å². The van der Waals surface area contributed by atoms with Gasteiger partial charge in [-0.25, -0.2) is 0 Å². The Morgan fingerprint density at radius 1 is 1.38 bits per heavy atom. The Hall–Kier alpha value is -1.48. The Bertz CT molecular complexity index is 552. The van der Waals surface area contributed by atoms with Crippen molar-refractivity contribution < 1.29 is 4.74 Å². The van der Waals surface area contributed by atoms with Gasteiger partial charge in [0, 0.05) is 28.2 Å². The van der Waals surface area contributed by atoms with Gasteiger partial charge >= 0.3 is 0 Å². The maximum atomic E-state index is 6.26. The maximum Gasteiger partial charge on any atom is 0.133 e. The molecule has 0 aliphatic heterocycles. The fraction of sp³-hybridized carbons (Fsp3) is 0.385. The van der Waals surface area contributed by atoms with E-state index in [4.69, 9.17) is 10.5 Å². The lowest BCUT2D eigenvalue weighted by atomic mass is 10.0. The van der Waals surface area contributed by atoms with Gasteiger partial charge in [-0.05, 0) is 31.4 Å². The van der Waals surface area contributed by atoms with Gasteiger partial charge in [-0.15, -0.1) is 0 Å². The molecule has 2 aromatic rings. The fourth-order valence-corrected chi connectivity index (χ4v) is 2.36. The van der Waals surface area contributed by atoms with Crippen LogP contribution in [0.1, 0.15) is 24.0 Å². The molecule has 1 heterocycles. The van der Waals surface area contributed by atoms with Gasteiger partial charge in [0.2, 0.25) is 0 Å². The zero-order valence-electron chi connectivity index (χ0n) is 9.63. The average Bonchev–Trinajstić information content (AvgIpc) is 2.92. The Morgan fingerprint density at radius 3 is 2.75 bits per heavy atom. The highest BCUT2D eigenvalue weighted by Crippen LogP contribution is 2.48. The molecule has 1 aromatic heterocycles. The van der Waals surface area contributed by atoms with Crippen LogP contribution in [0.4, 0.5) is 0 Å². The number of aromatic amines is 1. The minimum atomic E-state index is -0.150. The molecular formula is C13H16N2O. The number of aryl methyl sites for hydroxylation is 1. The average molecular weight is 216 g/mol. The van der Waals surface area contributed by atoms with Crippen molar-refractivity contribution in [3.05, 3.63) is 29.5 Å². The number of hydrogen-bond donors (Lipinski definition) is 2. The number of rotatable bonds is 2. The van der Waals surface area contributed by atoms with Gasteiger partial charge in [0.15, 0.2) is 0 Å². The highest BCUT2D eigenvalue weighted by molar-refractivity contribution is 5.91. The van der Waals surface area contributed by atoms with Crippen molar-refractivity contribution in [1.29, 1.82) is 0 Å². The first-order valence-corrected chi connectivity index (χ1v) is 5.60. The molecule has 1 aliphatic carbocycles. The first kappa shape index (κ1) is 9.73. The van der Waals surface area contributed by atoms with Crippen molar-refractivity contribution in [3.63, 3.8) is 0 Å². The molecule has 3 nitrogen and oxygen atoms in total. The van der Waals surface area contributed by atoms with Crippen LogP contribution in [-0.4, -0.2) is 12.1 Å². The zero-order valence-corrected chi connectivity index (χ0v) is 9.63. The summed E-state index contributed by atoms with van der Waals surface area (Å²) in [5.41, 5.74) is 9.58. The molecule has 3 heteroatoms. The summed E-state index contributed by atoms with van der Waals surface area (Å²) in [4.78, 5) is 3.24. The van der Waals surface area contributed by atoms with Crippen LogP contribution in [-0.2, 0) is 5.54 Å². The molecule has 3 rings (SSSR count). The SMILES string of the molecule is COc1c(C2(N)CC2)ccc2[nH]cc(C)c12. The lowest BCUT2D eigenvalue weighted by Gasteiger charge is -2.15. The van der Waals surface area contributed by atoms with E-state index in [1.54, 1.807) is 7.11 Å². The number of hydrogen-bond acceptors (Lipinski definition) is 2. The second-order valence-electron chi connectivity index (χ2n) is 4.70. The van der Waals surface area contributed by atoms with E-state index in [1.165, 1.54) is 5.56 Å². The molecule has 16 heavy (non-hydrogen) atoms. The number of fused-ring (bicyclic) bond motifs is 1. The number of aromatic nitrogens is 1. The standard InChI is InChI=1S/C13H16N2O/c1-8-7-15-10-4-3-9(13(14)5-6-13)12(16-2)11(8)10/h3-4,7,15H,5-6,14H2,1-2H3. The number of nitrogens with one attached hydrogen (secondary N) is 1. The van der Waals surface area contributed by atoms with E-state index in [9.17, 15) is 0 Å². The quantitative estimate of drug-likeness (QED) is 0.810. The van der Waals surface area contributed by atoms with Gasteiger partial charge in [-0.3, -0.25) is 0 Å². The van der Waals surface area contributed by atoms with E-state index in [0.717, 1.165) is 35.1 Å². The summed E-state index contributed by atoms with van der Waals surface area (Å²) in [6.45, 7) is 2.08. The topological polar surface area (TPSA) is 51.0 Å². The maximum absolute atomic E-state index is 6.26. The first-order chi connectivity index (χ1) is 7.65. The van der Waals surface area contributed by atoms with Crippen molar-refractivity contribution in [2.75, 3.05) is 7.11 Å². The van der Waals surface area contributed by atoms with Crippen molar-refractivity contribution in [2.45, 2.75) is 25.3 Å². The summed E-state index contributed by atoms with van der Waals surface area (Å²) in [6, 6.07) is 4.18. The van der Waals surface area contributed by atoms with Crippen LogP contribution in [0.3, 0.4) is 0 Å². The predicted molar refractivity (Wildman–Crippen MR) is 64.7 cm³/mol. The lowest BCUT2D eigenvalue weighted by Crippen LogP contribution is -2.19. The smallest absolute Gasteiger partial charge is 0.133 e. The molecule has 0 amide bonds. The number of H-pyrrole nitrogens is 1. The number of methoxy groups -OCH3 is 1. The third kappa shape index (κ3) is 1.18. The molecule has 1 aliphatic rings. The summed E-state index contributed by atoms with van der Waals surface area (Å²) in [7, 11) is 1.72. The third-order valence-electron chi connectivity index (χ3n) is 3.53. The molecule has 1 saturated carbocycles. The van der Waals surface area contributed by atoms with Crippen LogP contribution < -0.4 is 10.5 Å². The van der Waals surface area contributed by atoms with Crippen LogP contribution in [0, 0.1) is 6.92 Å². The van der Waals surface area contributed by atoms with Crippen LogP contribution in [0.5, 0.6) is 5.75 Å². The van der Waals surface area contributed by atoms with Crippen LogP contribution in [0.25, 0.3) is 10.9 Å². The minimum absolute atomic E-state index is 0.150. The monoisotopic (exact) mass is 216 g/mol. The molecule has 0 unspecified atom stereocenters. The van der Waals surface area contributed by atoms with Gasteiger partial charge in [0.25, 0.3) is 0 Å². The van der Waals surface area contributed by atoms with E-state index in [2.05, 4.69) is 24.0 Å². The predicted octanol–water partition coefficient (Wildman–Crippen LogP) is 2.43. The summed E-state index contributed by atoms with van der Waals surface area (Å²) < 4.78 is 5.56. The summed E-state index contributed by atoms with van der Waals surface area (Å²) in [5, 5.41) is 1.16. The molecule has 1 fully saturated rings. The molecule has 0 saturated heterocycles. The second kappa shape index (κ2) is 3.01. The van der Waals surface area contributed by atoms with Crippen molar-refractivity contribution in [2.24, 2.45) is 5.73 Å². The molecule has 0 radical (unpaired) electrons. The van der Waals surface area contributed by atoms with E-state index >= 15 is 0 Å². The van der Waals surface area contributed by atoms with Crippen LogP contribution >= 0.6 is 0 Å². The summed E-state index contributed by atoms with van der Waals surface area (Å²) in [6.07, 6.45) is 4.11. The molecule has 84 valence electrons. The molecular weight excluding hydrogens is 200 g/mol. The zero-order chi connectivity index (χ0) is 11.3. The summed E-state index contributed by atoms with van der Waals surface area (Å²) in [5.74, 6) is 0.941. The minimum Gasteiger partial charge on any atom is -0.496 e. The number of nitrogens with two attached hydrogens (primary N) is 1. The lowest BCUT2D eigenvalue weighted by molar-refractivity contribution is 0.409. The van der Waals surface area contributed by atoms with E-state index in [1.807, 2.05) is 6.20 Å². The largest absolute Gasteiger partial charge is 0.496 e. The first-order valence-electron chi connectivity index (χ1n) is 5.60. The van der Waals surface area contributed by atoms with Gasteiger partial charge in [0.1, 0.15) is 5.75 Å². The van der Waals surface area contributed by atoms with Gasteiger partial charge in [0.05, 0.1) is 7.11 Å². The molecule has 0 atom stereocenters.